The first-order chi connectivity index (χ1) is 10.8. The molecule has 2 aliphatic rings. The second kappa shape index (κ2) is 5.60. The Hall–Kier alpha value is -1.39. The zero-order chi connectivity index (χ0) is 16.7. The van der Waals surface area contributed by atoms with Crippen LogP contribution in [-0.2, 0) is 19.9 Å². The summed E-state index contributed by atoms with van der Waals surface area (Å²) in [6.07, 6.45) is 3.29. The number of benzene rings is 1. The quantitative estimate of drug-likeness (QED) is 0.848. The normalized spacial score (nSPS) is 31.0. The number of rotatable bonds is 2. The van der Waals surface area contributed by atoms with Crippen molar-refractivity contribution in [2.75, 3.05) is 0 Å². The van der Waals surface area contributed by atoms with Gasteiger partial charge in [0.15, 0.2) is 0 Å². The third kappa shape index (κ3) is 2.58. The van der Waals surface area contributed by atoms with E-state index >= 15 is 0 Å². The number of ether oxygens (including phenoxy) is 2. The molecular formula is C19H26O4. The van der Waals surface area contributed by atoms with Crippen molar-refractivity contribution in [3.8, 4) is 0 Å². The zero-order valence-electron chi connectivity index (χ0n) is 14.2. The molecule has 1 aliphatic heterocycles. The molecule has 4 nitrogen and oxygen atoms in total. The standard InChI is InChI=1S/C19H26O4/c1-17(2,3)16-22-15(20)19(23-16,14-10-6-4-7-11-14)18(21)12-8-5-9-13-18/h4,6-7,10-11,16,21H,5,8-9,12-13H2,1-3H3/t16-,19+/m0/s1. The Morgan fingerprint density at radius 2 is 1.70 bits per heavy atom. The van der Waals surface area contributed by atoms with Crippen LogP contribution in [0.1, 0.15) is 58.4 Å². The highest BCUT2D eigenvalue weighted by atomic mass is 16.8. The lowest BCUT2D eigenvalue weighted by Gasteiger charge is -2.44. The molecule has 0 spiro atoms. The SMILES string of the molecule is CC(C)(C)[C@H]1OC(=O)[C@](c2ccccc2)(C2(O)CCCCC2)O1. The molecular weight excluding hydrogens is 292 g/mol. The monoisotopic (exact) mass is 318 g/mol. The van der Waals surface area contributed by atoms with Gasteiger partial charge in [-0.3, -0.25) is 0 Å². The molecule has 1 N–H and O–H groups in total. The molecule has 1 aliphatic carbocycles. The summed E-state index contributed by atoms with van der Waals surface area (Å²) in [5.74, 6) is -0.465. The molecule has 0 bridgehead atoms. The van der Waals surface area contributed by atoms with E-state index in [-0.39, 0.29) is 5.41 Å². The van der Waals surface area contributed by atoms with Crippen LogP contribution < -0.4 is 0 Å². The molecule has 1 saturated carbocycles. The first-order valence-electron chi connectivity index (χ1n) is 8.46. The average molecular weight is 318 g/mol. The molecule has 0 amide bonds. The van der Waals surface area contributed by atoms with Gasteiger partial charge in [-0.05, 0) is 18.4 Å². The smallest absolute Gasteiger partial charge is 0.348 e. The van der Waals surface area contributed by atoms with Crippen LogP contribution in [0.25, 0.3) is 0 Å². The number of hydrogen-bond donors (Lipinski definition) is 1. The summed E-state index contributed by atoms with van der Waals surface area (Å²) in [6.45, 7) is 5.91. The molecule has 1 saturated heterocycles. The predicted molar refractivity (Wildman–Crippen MR) is 86.6 cm³/mol. The van der Waals surface area contributed by atoms with E-state index in [1.807, 2.05) is 51.1 Å². The fourth-order valence-corrected chi connectivity index (χ4v) is 3.68. The number of carbonyl (C=O) groups excluding carboxylic acids is 1. The van der Waals surface area contributed by atoms with E-state index in [9.17, 15) is 9.90 Å². The van der Waals surface area contributed by atoms with Crippen LogP contribution in [0.3, 0.4) is 0 Å². The highest BCUT2D eigenvalue weighted by molar-refractivity contribution is 5.85. The van der Waals surface area contributed by atoms with Crippen molar-refractivity contribution in [2.24, 2.45) is 5.41 Å². The maximum atomic E-state index is 13.0. The molecule has 23 heavy (non-hydrogen) atoms. The maximum Gasteiger partial charge on any atom is 0.348 e. The summed E-state index contributed by atoms with van der Waals surface area (Å²) in [7, 11) is 0. The largest absolute Gasteiger partial charge is 0.433 e. The first-order valence-corrected chi connectivity index (χ1v) is 8.46. The van der Waals surface area contributed by atoms with E-state index in [1.165, 1.54) is 0 Å². The molecule has 1 aromatic carbocycles. The lowest BCUT2D eigenvalue weighted by atomic mass is 9.69. The molecule has 0 aromatic heterocycles. The molecule has 2 fully saturated rings. The van der Waals surface area contributed by atoms with Crippen LogP contribution in [0.15, 0.2) is 30.3 Å². The summed E-state index contributed by atoms with van der Waals surface area (Å²) in [6, 6.07) is 9.32. The van der Waals surface area contributed by atoms with E-state index in [0.717, 1.165) is 19.3 Å². The molecule has 2 atom stereocenters. The van der Waals surface area contributed by atoms with Crippen LogP contribution in [0.2, 0.25) is 0 Å². The maximum absolute atomic E-state index is 13.0. The van der Waals surface area contributed by atoms with E-state index in [0.29, 0.717) is 18.4 Å². The molecule has 3 rings (SSSR count). The van der Waals surface area contributed by atoms with Crippen molar-refractivity contribution in [2.45, 2.75) is 70.4 Å². The molecule has 1 aromatic rings. The van der Waals surface area contributed by atoms with Crippen LogP contribution in [-0.4, -0.2) is 23.0 Å². The minimum atomic E-state index is -1.42. The van der Waals surface area contributed by atoms with Gasteiger partial charge < -0.3 is 14.6 Å². The Labute approximate surface area is 137 Å². The minimum absolute atomic E-state index is 0.350. The molecule has 1 heterocycles. The van der Waals surface area contributed by atoms with Crippen molar-refractivity contribution in [3.05, 3.63) is 35.9 Å². The van der Waals surface area contributed by atoms with Gasteiger partial charge in [0.2, 0.25) is 11.9 Å². The number of cyclic esters (lactones) is 1. The van der Waals surface area contributed by atoms with Gasteiger partial charge in [0.1, 0.15) is 5.60 Å². The summed E-state index contributed by atoms with van der Waals surface area (Å²) < 4.78 is 11.8. The Morgan fingerprint density at radius 1 is 1.09 bits per heavy atom. The van der Waals surface area contributed by atoms with Crippen molar-refractivity contribution in [1.82, 2.24) is 0 Å². The topological polar surface area (TPSA) is 55.8 Å². The van der Waals surface area contributed by atoms with Crippen LogP contribution >= 0.6 is 0 Å². The van der Waals surface area contributed by atoms with Crippen molar-refractivity contribution < 1.29 is 19.4 Å². The minimum Gasteiger partial charge on any atom is -0.433 e. The number of esters is 1. The lowest BCUT2D eigenvalue weighted by molar-refractivity contribution is -0.217. The molecule has 0 unspecified atom stereocenters. The predicted octanol–water partition coefficient (Wildman–Crippen LogP) is 3.52. The van der Waals surface area contributed by atoms with E-state index in [1.54, 1.807) is 0 Å². The van der Waals surface area contributed by atoms with Crippen LogP contribution in [0.4, 0.5) is 0 Å². The summed E-state index contributed by atoms with van der Waals surface area (Å²) in [4.78, 5) is 13.0. The van der Waals surface area contributed by atoms with E-state index in [2.05, 4.69) is 0 Å². The Balaban J connectivity index is 2.10. The number of aliphatic hydroxyl groups is 1. The van der Waals surface area contributed by atoms with E-state index in [4.69, 9.17) is 9.47 Å². The van der Waals surface area contributed by atoms with Gasteiger partial charge in [-0.2, -0.15) is 0 Å². The summed E-state index contributed by atoms with van der Waals surface area (Å²) >= 11 is 0. The lowest BCUT2D eigenvalue weighted by Crippen LogP contribution is -2.57. The van der Waals surface area contributed by atoms with Gasteiger partial charge in [0.25, 0.3) is 0 Å². The number of carbonyl (C=O) groups is 1. The van der Waals surface area contributed by atoms with Crippen molar-refractivity contribution in [1.29, 1.82) is 0 Å². The second-order valence-electron chi connectivity index (χ2n) is 7.86. The van der Waals surface area contributed by atoms with Gasteiger partial charge in [-0.1, -0.05) is 70.4 Å². The second-order valence-corrected chi connectivity index (χ2v) is 7.86. The van der Waals surface area contributed by atoms with E-state index < -0.39 is 23.5 Å². The van der Waals surface area contributed by atoms with Crippen LogP contribution in [0, 0.1) is 5.41 Å². The number of hydrogen-bond acceptors (Lipinski definition) is 4. The Morgan fingerprint density at radius 3 is 2.22 bits per heavy atom. The third-order valence-electron chi connectivity index (χ3n) is 5.01. The summed E-state index contributed by atoms with van der Waals surface area (Å²) in [5.41, 5.74) is -2.31. The van der Waals surface area contributed by atoms with Gasteiger partial charge in [-0.25, -0.2) is 4.79 Å². The fraction of sp³-hybridized carbons (Fsp3) is 0.632. The first kappa shape index (κ1) is 16.5. The summed E-state index contributed by atoms with van der Waals surface area (Å²) in [5, 5.41) is 11.4. The third-order valence-corrected chi connectivity index (χ3v) is 5.01. The fourth-order valence-electron chi connectivity index (χ4n) is 3.68. The van der Waals surface area contributed by atoms with Crippen molar-refractivity contribution in [3.63, 3.8) is 0 Å². The van der Waals surface area contributed by atoms with Gasteiger partial charge >= 0.3 is 5.97 Å². The average Bonchev–Trinajstić information content (AvgIpc) is 2.88. The molecule has 4 heteroatoms. The van der Waals surface area contributed by atoms with Crippen molar-refractivity contribution >= 4 is 5.97 Å². The Kier molecular flexibility index (Phi) is 4.01. The highest BCUT2D eigenvalue weighted by Gasteiger charge is 2.65. The molecule has 126 valence electrons. The molecule has 0 radical (unpaired) electrons. The zero-order valence-corrected chi connectivity index (χ0v) is 14.2. The Bertz CT molecular complexity index is 569. The van der Waals surface area contributed by atoms with Crippen LogP contribution in [0.5, 0.6) is 0 Å². The van der Waals surface area contributed by atoms with Gasteiger partial charge in [0, 0.05) is 5.41 Å². The van der Waals surface area contributed by atoms with Gasteiger partial charge in [0.05, 0.1) is 0 Å². The van der Waals surface area contributed by atoms with Gasteiger partial charge in [-0.15, -0.1) is 0 Å². The highest BCUT2D eigenvalue weighted by Crippen LogP contribution is 2.51.